The molecular formula is C18H37NO. The molecule has 1 fully saturated rings. The zero-order chi connectivity index (χ0) is 14.5. The highest BCUT2D eigenvalue weighted by molar-refractivity contribution is 4.86. The summed E-state index contributed by atoms with van der Waals surface area (Å²) in [6.07, 6.45) is 17.3. The summed E-state index contributed by atoms with van der Waals surface area (Å²) in [7, 11) is 1.78. The summed E-state index contributed by atoms with van der Waals surface area (Å²) in [4.78, 5) is 0. The smallest absolute Gasteiger partial charge is 0.0587 e. The van der Waals surface area contributed by atoms with Crippen LogP contribution in [-0.4, -0.2) is 26.8 Å². The topological polar surface area (TPSA) is 21.3 Å². The summed E-state index contributed by atoms with van der Waals surface area (Å²) >= 11 is 0. The first kappa shape index (κ1) is 18.0. The van der Waals surface area contributed by atoms with Crippen LogP contribution in [0.4, 0.5) is 0 Å². The van der Waals surface area contributed by atoms with Crippen molar-refractivity contribution in [3.63, 3.8) is 0 Å². The molecule has 0 atom stereocenters. The predicted octanol–water partition coefficient (Wildman–Crippen LogP) is 4.92. The fourth-order valence-electron chi connectivity index (χ4n) is 3.63. The van der Waals surface area contributed by atoms with Gasteiger partial charge in [-0.25, -0.2) is 0 Å². The molecule has 0 saturated heterocycles. The number of nitrogens with one attached hydrogen (secondary N) is 1. The van der Waals surface area contributed by atoms with E-state index in [4.69, 9.17) is 4.74 Å². The van der Waals surface area contributed by atoms with Crippen LogP contribution in [0.1, 0.15) is 84.0 Å². The Kier molecular flexibility index (Phi) is 10.4. The van der Waals surface area contributed by atoms with Crippen LogP contribution >= 0.6 is 0 Å². The monoisotopic (exact) mass is 283 g/mol. The fourth-order valence-corrected chi connectivity index (χ4v) is 3.63. The Morgan fingerprint density at radius 2 is 1.60 bits per heavy atom. The first-order chi connectivity index (χ1) is 9.83. The summed E-state index contributed by atoms with van der Waals surface area (Å²) in [5, 5.41) is 3.61. The Hall–Kier alpha value is -0.0800. The van der Waals surface area contributed by atoms with E-state index in [1.165, 1.54) is 83.6 Å². The van der Waals surface area contributed by atoms with Crippen LogP contribution in [0.15, 0.2) is 0 Å². The van der Waals surface area contributed by atoms with E-state index < -0.39 is 0 Å². The van der Waals surface area contributed by atoms with E-state index in [9.17, 15) is 0 Å². The van der Waals surface area contributed by atoms with Gasteiger partial charge in [-0.1, -0.05) is 64.7 Å². The van der Waals surface area contributed by atoms with Crippen molar-refractivity contribution in [2.24, 2.45) is 5.41 Å². The fraction of sp³-hybridized carbons (Fsp3) is 1.00. The third-order valence-corrected chi connectivity index (χ3v) is 4.96. The van der Waals surface area contributed by atoms with Gasteiger partial charge >= 0.3 is 0 Å². The zero-order valence-electron chi connectivity index (χ0n) is 14.0. The number of rotatable bonds is 13. The highest BCUT2D eigenvalue weighted by Gasteiger charge is 2.32. The van der Waals surface area contributed by atoms with Gasteiger partial charge in [-0.3, -0.25) is 0 Å². The molecule has 0 radical (unpaired) electrons. The van der Waals surface area contributed by atoms with Gasteiger partial charge < -0.3 is 10.1 Å². The molecule has 0 aromatic carbocycles. The lowest BCUT2D eigenvalue weighted by Gasteiger charge is -2.29. The van der Waals surface area contributed by atoms with E-state index in [1.54, 1.807) is 7.11 Å². The van der Waals surface area contributed by atoms with Crippen LogP contribution < -0.4 is 5.32 Å². The number of unbranched alkanes of at least 4 members (excludes halogenated alkanes) is 6. The molecular weight excluding hydrogens is 246 g/mol. The van der Waals surface area contributed by atoms with Gasteiger partial charge in [0, 0.05) is 20.2 Å². The molecule has 1 saturated carbocycles. The second-order valence-electron chi connectivity index (χ2n) is 6.75. The van der Waals surface area contributed by atoms with Gasteiger partial charge in [0.15, 0.2) is 0 Å². The third-order valence-electron chi connectivity index (χ3n) is 4.96. The Balaban J connectivity index is 2.08. The maximum Gasteiger partial charge on any atom is 0.0587 e. The molecule has 0 aromatic heterocycles. The molecule has 0 unspecified atom stereocenters. The number of methoxy groups -OCH3 is 1. The van der Waals surface area contributed by atoms with E-state index in [1.807, 2.05) is 0 Å². The lowest BCUT2D eigenvalue weighted by atomic mass is 9.80. The quantitative estimate of drug-likeness (QED) is 0.484. The van der Waals surface area contributed by atoms with Gasteiger partial charge in [-0.15, -0.1) is 0 Å². The highest BCUT2D eigenvalue weighted by Crippen LogP contribution is 2.41. The third kappa shape index (κ3) is 7.64. The lowest BCUT2D eigenvalue weighted by Crippen LogP contribution is -2.33. The molecule has 0 spiro atoms. The molecule has 1 aliphatic carbocycles. The van der Waals surface area contributed by atoms with Gasteiger partial charge in [0.1, 0.15) is 0 Å². The average Bonchev–Trinajstić information content (AvgIpc) is 2.92. The van der Waals surface area contributed by atoms with Crippen molar-refractivity contribution in [1.29, 1.82) is 0 Å². The van der Waals surface area contributed by atoms with Crippen molar-refractivity contribution < 1.29 is 4.74 Å². The van der Waals surface area contributed by atoms with Crippen molar-refractivity contribution in [1.82, 2.24) is 5.32 Å². The molecule has 0 amide bonds. The van der Waals surface area contributed by atoms with E-state index in [0.717, 1.165) is 13.2 Å². The van der Waals surface area contributed by atoms with Crippen LogP contribution in [0.25, 0.3) is 0 Å². The molecule has 1 aliphatic rings. The van der Waals surface area contributed by atoms with Crippen LogP contribution in [-0.2, 0) is 4.74 Å². The molecule has 1 rings (SSSR count). The van der Waals surface area contributed by atoms with E-state index in [0.29, 0.717) is 5.41 Å². The van der Waals surface area contributed by atoms with Gasteiger partial charge in [-0.2, -0.15) is 0 Å². The highest BCUT2D eigenvalue weighted by atomic mass is 16.5. The minimum atomic E-state index is 0.622. The van der Waals surface area contributed by atoms with Crippen molar-refractivity contribution >= 4 is 0 Å². The summed E-state index contributed by atoms with van der Waals surface area (Å²) in [6.45, 7) is 5.36. The summed E-state index contributed by atoms with van der Waals surface area (Å²) in [6, 6.07) is 0. The normalized spacial score (nSPS) is 17.7. The van der Waals surface area contributed by atoms with Crippen LogP contribution in [0.5, 0.6) is 0 Å². The molecule has 0 aliphatic heterocycles. The van der Waals surface area contributed by atoms with Gasteiger partial charge in [-0.05, 0) is 24.7 Å². The first-order valence-electron chi connectivity index (χ1n) is 9.03. The lowest BCUT2D eigenvalue weighted by molar-refractivity contribution is 0.186. The maximum absolute atomic E-state index is 5.12. The molecule has 120 valence electrons. The second-order valence-corrected chi connectivity index (χ2v) is 6.75. The SMILES string of the molecule is CCCCCCCCCC1(CNCCOC)CCCC1. The predicted molar refractivity (Wildman–Crippen MR) is 88.3 cm³/mol. The van der Waals surface area contributed by atoms with Gasteiger partial charge in [0.05, 0.1) is 6.61 Å². The molecule has 2 heteroatoms. The average molecular weight is 284 g/mol. The van der Waals surface area contributed by atoms with Crippen molar-refractivity contribution in [2.45, 2.75) is 84.0 Å². The Labute approximate surface area is 127 Å². The zero-order valence-corrected chi connectivity index (χ0v) is 14.0. The van der Waals surface area contributed by atoms with Crippen molar-refractivity contribution in [3.05, 3.63) is 0 Å². The minimum Gasteiger partial charge on any atom is -0.383 e. The minimum absolute atomic E-state index is 0.622. The first-order valence-corrected chi connectivity index (χ1v) is 9.03. The van der Waals surface area contributed by atoms with E-state index in [-0.39, 0.29) is 0 Å². The Morgan fingerprint density at radius 1 is 0.950 bits per heavy atom. The largest absolute Gasteiger partial charge is 0.383 e. The summed E-state index contributed by atoms with van der Waals surface area (Å²) in [5.74, 6) is 0. The number of hydrogen-bond acceptors (Lipinski definition) is 2. The molecule has 2 nitrogen and oxygen atoms in total. The number of hydrogen-bond donors (Lipinski definition) is 1. The van der Waals surface area contributed by atoms with Gasteiger partial charge in [0.25, 0.3) is 0 Å². The maximum atomic E-state index is 5.12. The molecule has 0 bridgehead atoms. The number of ether oxygens (including phenoxy) is 1. The molecule has 20 heavy (non-hydrogen) atoms. The Morgan fingerprint density at radius 3 is 2.25 bits per heavy atom. The summed E-state index contributed by atoms with van der Waals surface area (Å²) < 4.78 is 5.12. The Bertz CT molecular complexity index is 211. The molecule has 0 aromatic rings. The van der Waals surface area contributed by atoms with E-state index >= 15 is 0 Å². The van der Waals surface area contributed by atoms with E-state index in [2.05, 4.69) is 12.2 Å². The molecule has 1 N–H and O–H groups in total. The second kappa shape index (κ2) is 11.6. The van der Waals surface area contributed by atoms with Crippen molar-refractivity contribution in [2.75, 3.05) is 26.8 Å². The van der Waals surface area contributed by atoms with Crippen LogP contribution in [0, 0.1) is 5.41 Å². The van der Waals surface area contributed by atoms with Gasteiger partial charge in [0.2, 0.25) is 0 Å². The molecule has 0 heterocycles. The standard InChI is InChI=1S/C18H37NO/c1-3-4-5-6-7-8-9-12-18(13-10-11-14-18)17-19-15-16-20-2/h19H,3-17H2,1-2H3. The van der Waals surface area contributed by atoms with Crippen LogP contribution in [0.3, 0.4) is 0 Å². The van der Waals surface area contributed by atoms with Crippen LogP contribution in [0.2, 0.25) is 0 Å². The summed E-state index contributed by atoms with van der Waals surface area (Å²) in [5.41, 5.74) is 0.622. The van der Waals surface area contributed by atoms with Crippen molar-refractivity contribution in [3.8, 4) is 0 Å².